The monoisotopic (exact) mass is 1210 g/mol. The Bertz CT molecular complexity index is 1670. The number of esters is 6. The van der Waals surface area contributed by atoms with Gasteiger partial charge in [0.2, 0.25) is 6.36 Å². The maximum absolute atomic E-state index is 12.5. The molecule has 0 aliphatic rings. The maximum Gasteiger partial charge on any atom is 0.425 e. The highest BCUT2D eigenvalue weighted by atomic mass is 19.4. The Kier molecular flexibility index (Phi) is 42.4. The van der Waals surface area contributed by atoms with Crippen LogP contribution in [0.25, 0.3) is 0 Å². The molecule has 0 radical (unpaired) electrons. The molecule has 0 aliphatic carbocycles. The van der Waals surface area contributed by atoms with E-state index in [0.29, 0.717) is 46.0 Å². The van der Waals surface area contributed by atoms with E-state index in [1.54, 1.807) is 41.5 Å². The van der Waals surface area contributed by atoms with E-state index in [4.69, 9.17) is 0 Å². The highest BCUT2D eigenvalue weighted by molar-refractivity contribution is 5.77. The minimum Gasteiger partial charge on any atom is -0.462 e. The number of carbonyl (C=O) groups is 6. The Labute approximate surface area is 448 Å². The summed E-state index contributed by atoms with van der Waals surface area (Å²) in [6, 6.07) is 0. The molecule has 11 unspecified atom stereocenters. The molecule has 0 aromatic carbocycles. The van der Waals surface area contributed by atoms with Gasteiger partial charge in [0.05, 0.1) is 36.0 Å². The zero-order chi connectivity index (χ0) is 64.6. The average Bonchev–Trinajstić information content (AvgIpc) is 3.29. The lowest BCUT2D eigenvalue weighted by atomic mass is 9.87. The van der Waals surface area contributed by atoms with Crippen LogP contribution in [0.3, 0.4) is 0 Å². The van der Waals surface area contributed by atoms with Crippen molar-refractivity contribution in [3.8, 4) is 0 Å². The van der Waals surface area contributed by atoms with E-state index in [1.165, 1.54) is 34.6 Å². The quantitative estimate of drug-likeness (QED) is 0.0686. The van der Waals surface area contributed by atoms with Crippen molar-refractivity contribution in [1.29, 1.82) is 0 Å². The second-order valence-electron chi connectivity index (χ2n) is 17.8. The lowest BCUT2D eigenvalue weighted by Gasteiger charge is -2.30. The van der Waals surface area contributed by atoms with Crippen molar-refractivity contribution in [2.24, 2.45) is 35.0 Å². The first-order valence-corrected chi connectivity index (χ1v) is 24.4. The number of hydrogen-bond acceptors (Lipinski definition) is 12. The van der Waals surface area contributed by atoms with E-state index in [1.807, 2.05) is 6.92 Å². The largest absolute Gasteiger partial charge is 0.462 e. The summed E-state index contributed by atoms with van der Waals surface area (Å²) in [5.74, 6) is -7.31. The number of rotatable bonds is 19. The third-order valence-corrected chi connectivity index (χ3v) is 10.6. The summed E-state index contributed by atoms with van der Waals surface area (Å²) in [4.78, 5) is 65.5. The highest BCUT2D eigenvalue weighted by Crippen LogP contribution is 2.42. The molecule has 0 saturated carbocycles. The molecule has 0 aliphatic heterocycles. The van der Waals surface area contributed by atoms with Crippen molar-refractivity contribution in [3.05, 3.63) is 0 Å². The molecule has 31 heteroatoms. The van der Waals surface area contributed by atoms with Crippen molar-refractivity contribution in [2.75, 3.05) is 6.61 Å². The minimum absolute atomic E-state index is 0.196. The third kappa shape index (κ3) is 43.9. The first kappa shape index (κ1) is 85.8. The van der Waals surface area contributed by atoms with Gasteiger partial charge < -0.3 is 28.4 Å². The molecule has 0 amide bonds. The van der Waals surface area contributed by atoms with Crippen LogP contribution in [0.2, 0.25) is 0 Å². The third-order valence-electron chi connectivity index (χ3n) is 10.6. The molecule has 474 valence electrons. The second-order valence-corrected chi connectivity index (χ2v) is 17.8. The van der Waals surface area contributed by atoms with Gasteiger partial charge in [0.1, 0.15) is 6.10 Å². The molecule has 12 nitrogen and oxygen atoms in total. The zero-order valence-corrected chi connectivity index (χ0v) is 47.0. The van der Waals surface area contributed by atoms with Gasteiger partial charge in [-0.2, -0.15) is 79.0 Å². The molecule has 11 atom stereocenters. The molecule has 0 heterocycles. The van der Waals surface area contributed by atoms with Gasteiger partial charge >= 0.3 is 72.9 Å². The Hall–Kier alpha value is -4.51. The van der Waals surface area contributed by atoms with Gasteiger partial charge in [-0.1, -0.05) is 76.2 Å². The van der Waals surface area contributed by atoms with Crippen LogP contribution in [0, 0.1) is 35.0 Å². The average molecular weight is 1210 g/mol. The fourth-order valence-electron chi connectivity index (χ4n) is 3.62. The van der Waals surface area contributed by atoms with Gasteiger partial charge in [0, 0.05) is 6.92 Å². The number of ether oxygens (including phenoxy) is 6. The number of alkyl halides is 19. The second kappa shape index (κ2) is 39.0. The molecule has 0 fully saturated rings. The summed E-state index contributed by atoms with van der Waals surface area (Å²) in [6.45, 7) is 21.3. The van der Waals surface area contributed by atoms with Gasteiger partial charge in [-0.25, -0.2) is 4.39 Å². The van der Waals surface area contributed by atoms with Gasteiger partial charge in [0.25, 0.3) is 0 Å². The summed E-state index contributed by atoms with van der Waals surface area (Å²) >= 11 is 0. The molecule has 79 heavy (non-hydrogen) atoms. The topological polar surface area (TPSA) is 158 Å². The smallest absolute Gasteiger partial charge is 0.425 e. The number of halogens is 19. The molecule has 0 saturated heterocycles. The molecule has 0 spiro atoms. The van der Waals surface area contributed by atoms with Crippen molar-refractivity contribution in [2.45, 2.75) is 230 Å². The fourth-order valence-corrected chi connectivity index (χ4v) is 3.62. The van der Waals surface area contributed by atoms with Crippen LogP contribution in [0.1, 0.15) is 163 Å². The molecular weight excluding hydrogens is 1130 g/mol. The van der Waals surface area contributed by atoms with Crippen LogP contribution in [0.4, 0.5) is 83.4 Å². The molecule has 0 N–H and O–H groups in total. The number of hydrogen-bond donors (Lipinski definition) is 0. The maximum atomic E-state index is 12.5. The first-order valence-electron chi connectivity index (χ1n) is 24.4. The van der Waals surface area contributed by atoms with Crippen molar-refractivity contribution in [3.63, 3.8) is 0 Å². The Balaban J connectivity index is -0.000000204. The van der Waals surface area contributed by atoms with Crippen LogP contribution < -0.4 is 0 Å². The van der Waals surface area contributed by atoms with Gasteiger partial charge in [-0.3, -0.25) is 28.8 Å². The Morgan fingerprint density at radius 1 is 0.380 bits per heavy atom. The van der Waals surface area contributed by atoms with E-state index >= 15 is 0 Å². The molecular formula is C48H77F19O12. The molecule has 0 bridgehead atoms. The standard InChI is InChI=1S/C9H12F6O2.C9H15F3O2.2C8H13F3O2.C7H11F3O2.C7H13FO2/c1-4-7(3,9(13,14)15)6(16)17-5(2)8(10,11)12;1-4-6(2)8(13)14-7(3)5-9(10,11)12;2*1-4-5(2)7(12)13-6(3)8(9,10)11;1-3-5(2)6(11)12-4-7(8,9)10;1-4-5(2)7(9)10-6(3)8/h5H,4H2,1-3H3;6-7H,4-5H2,1-3H3;2*5-6H,4H2,1-3H3;5H,3-4H2,1-2H3;5-6H,4H2,1-3H3. The van der Waals surface area contributed by atoms with Crippen molar-refractivity contribution in [1.82, 2.24) is 0 Å². The van der Waals surface area contributed by atoms with Crippen LogP contribution in [0.15, 0.2) is 0 Å². The Morgan fingerprint density at radius 2 is 0.646 bits per heavy atom. The fraction of sp³-hybridized carbons (Fsp3) is 0.875. The van der Waals surface area contributed by atoms with E-state index < -0.39 is 146 Å². The van der Waals surface area contributed by atoms with Gasteiger partial charge in [-0.05, 0) is 73.1 Å². The van der Waals surface area contributed by atoms with E-state index in [2.05, 4.69) is 28.4 Å². The zero-order valence-electron chi connectivity index (χ0n) is 47.0. The van der Waals surface area contributed by atoms with Crippen LogP contribution in [-0.2, 0) is 57.2 Å². The lowest BCUT2D eigenvalue weighted by molar-refractivity contribution is -0.252. The normalized spacial score (nSPS) is 16.4. The Morgan fingerprint density at radius 3 is 0.873 bits per heavy atom. The summed E-state index contributed by atoms with van der Waals surface area (Å²) < 4.78 is 252. The predicted molar refractivity (Wildman–Crippen MR) is 246 cm³/mol. The summed E-state index contributed by atoms with van der Waals surface area (Å²) in [5, 5.41) is 0. The predicted octanol–water partition coefficient (Wildman–Crippen LogP) is 15.5. The van der Waals surface area contributed by atoms with E-state index in [-0.39, 0.29) is 11.8 Å². The summed E-state index contributed by atoms with van der Waals surface area (Å²) in [6.07, 6.45) is -35.8. The number of carbonyl (C=O) groups excluding carboxylic acids is 6. The van der Waals surface area contributed by atoms with Crippen LogP contribution >= 0.6 is 0 Å². The van der Waals surface area contributed by atoms with Gasteiger partial charge in [-0.15, -0.1) is 0 Å². The minimum atomic E-state index is -4.95. The van der Waals surface area contributed by atoms with E-state index in [0.717, 1.165) is 20.8 Å². The molecule has 0 aromatic rings. The first-order chi connectivity index (χ1) is 35.1. The van der Waals surface area contributed by atoms with Gasteiger partial charge in [0.15, 0.2) is 30.3 Å². The summed E-state index contributed by atoms with van der Waals surface area (Å²) in [7, 11) is 0. The van der Waals surface area contributed by atoms with Crippen molar-refractivity contribution >= 4 is 35.8 Å². The van der Waals surface area contributed by atoms with Crippen LogP contribution in [0.5, 0.6) is 0 Å². The van der Waals surface area contributed by atoms with Crippen LogP contribution in [-0.4, -0.2) is 110 Å². The van der Waals surface area contributed by atoms with Crippen molar-refractivity contribution < 1.29 is 141 Å². The molecule has 0 aromatic heterocycles. The lowest BCUT2D eigenvalue weighted by Crippen LogP contribution is -2.46. The summed E-state index contributed by atoms with van der Waals surface area (Å²) in [5.41, 5.74) is -2.92. The molecule has 0 rings (SSSR count). The van der Waals surface area contributed by atoms with E-state index in [9.17, 15) is 112 Å². The highest BCUT2D eigenvalue weighted by Gasteiger charge is 2.58. The SMILES string of the molecule is CCC(C)(C(=O)OC(C)C(F)(F)F)C(F)(F)F.CCC(C)C(=O)OC(C)C(F)(F)F.CCC(C)C(=O)OC(C)C(F)(F)F.CCC(C)C(=O)OC(C)CC(F)(F)F.CCC(C)C(=O)OC(C)F.CCC(C)C(=O)OCC(F)(F)F.